The molecule has 1 amide bonds. The van der Waals surface area contributed by atoms with Crippen LogP contribution in [0.1, 0.15) is 42.3 Å². The van der Waals surface area contributed by atoms with Crippen molar-refractivity contribution in [3.8, 4) is 5.69 Å². The van der Waals surface area contributed by atoms with Crippen molar-refractivity contribution in [3.63, 3.8) is 0 Å². The van der Waals surface area contributed by atoms with Gasteiger partial charge in [0.2, 0.25) is 11.7 Å². The number of carbonyl (C=O) groups excluding carboxylic acids is 1. The number of benzene rings is 2. The van der Waals surface area contributed by atoms with Crippen LogP contribution in [0, 0.1) is 12.8 Å². The van der Waals surface area contributed by atoms with Gasteiger partial charge in [-0.05, 0) is 43.0 Å². The van der Waals surface area contributed by atoms with Gasteiger partial charge in [0, 0.05) is 17.8 Å². The smallest absolute Gasteiger partial charge is 0.268 e. The summed E-state index contributed by atoms with van der Waals surface area (Å²) >= 11 is 2.89. The van der Waals surface area contributed by atoms with Crippen LogP contribution in [0.25, 0.3) is 21.7 Å². The number of rotatable bonds is 7. The minimum absolute atomic E-state index is 0.0521. The van der Waals surface area contributed by atoms with Gasteiger partial charge >= 0.3 is 0 Å². The van der Waals surface area contributed by atoms with Crippen LogP contribution in [0.3, 0.4) is 0 Å². The highest BCUT2D eigenvalue weighted by Crippen LogP contribution is 2.38. The van der Waals surface area contributed by atoms with Crippen molar-refractivity contribution in [1.29, 1.82) is 0 Å². The number of nitrogens with one attached hydrogen (secondary N) is 1. The predicted molar refractivity (Wildman–Crippen MR) is 159 cm³/mol. The lowest BCUT2D eigenvalue weighted by Gasteiger charge is -2.26. The molecule has 0 saturated heterocycles. The van der Waals surface area contributed by atoms with Crippen LogP contribution >= 0.6 is 23.1 Å². The molecule has 8 nitrogen and oxygen atoms in total. The largest absolute Gasteiger partial charge is 0.372 e. The molecule has 0 unspecified atom stereocenters. The number of amides is 1. The number of nitrogens with zero attached hydrogens (tertiary/aromatic N) is 4. The molecule has 0 saturated carbocycles. The van der Waals surface area contributed by atoms with Gasteiger partial charge in [0.25, 0.3) is 5.56 Å². The van der Waals surface area contributed by atoms with Crippen LogP contribution in [-0.4, -0.2) is 36.4 Å². The van der Waals surface area contributed by atoms with Gasteiger partial charge in [-0.25, -0.2) is 8.97 Å². The number of thiophene rings is 1. The molecule has 2 aromatic carbocycles. The lowest BCUT2D eigenvalue weighted by molar-refractivity contribution is -0.120. The molecule has 2 atom stereocenters. The molecule has 4 heterocycles. The second-order valence-electron chi connectivity index (χ2n) is 10.5. The number of fused-ring (bicyclic) bond motifs is 5. The average Bonchev–Trinajstić information content (AvgIpc) is 3.54. The summed E-state index contributed by atoms with van der Waals surface area (Å²) in [6.07, 6.45) is 0.737. The van der Waals surface area contributed by atoms with E-state index in [2.05, 4.69) is 29.4 Å². The highest BCUT2D eigenvalue weighted by atomic mass is 32.2. The van der Waals surface area contributed by atoms with Crippen molar-refractivity contribution in [3.05, 3.63) is 86.5 Å². The van der Waals surface area contributed by atoms with E-state index in [-0.39, 0.29) is 17.6 Å². The summed E-state index contributed by atoms with van der Waals surface area (Å²) < 4.78 is 9.73. The number of carbonyl (C=O) groups is 1. The third kappa shape index (κ3) is 4.84. The monoisotopic (exact) mass is 573 g/mol. The molecule has 0 fully saturated rings. The van der Waals surface area contributed by atoms with Crippen molar-refractivity contribution in [1.82, 2.24) is 24.5 Å². The first-order valence-corrected chi connectivity index (χ1v) is 15.1. The third-order valence-corrected chi connectivity index (χ3v) is 9.57. The topological polar surface area (TPSA) is 90.5 Å². The van der Waals surface area contributed by atoms with Crippen molar-refractivity contribution in [2.45, 2.75) is 63.8 Å². The maximum Gasteiger partial charge on any atom is 0.268 e. The first-order chi connectivity index (χ1) is 19.3. The maximum absolute atomic E-state index is 14.2. The Morgan fingerprint density at radius 1 is 1.12 bits per heavy atom. The first-order valence-electron chi connectivity index (χ1n) is 13.4. The molecule has 0 bridgehead atoms. The number of hydrogen-bond acceptors (Lipinski definition) is 7. The fourth-order valence-corrected chi connectivity index (χ4v) is 7.18. The Hall–Kier alpha value is -3.47. The fourth-order valence-electron chi connectivity index (χ4n) is 5.01. The molecule has 0 aliphatic carbocycles. The van der Waals surface area contributed by atoms with E-state index in [1.54, 1.807) is 15.9 Å². The molecule has 40 heavy (non-hydrogen) atoms. The Morgan fingerprint density at radius 3 is 2.60 bits per heavy atom. The summed E-state index contributed by atoms with van der Waals surface area (Å²) in [6, 6.07) is 17.7. The second kappa shape index (κ2) is 10.8. The lowest BCUT2D eigenvalue weighted by atomic mass is 9.96. The van der Waals surface area contributed by atoms with Gasteiger partial charge in [-0.1, -0.05) is 73.6 Å². The zero-order valence-corrected chi connectivity index (χ0v) is 24.5. The van der Waals surface area contributed by atoms with Gasteiger partial charge in [-0.15, -0.1) is 21.5 Å². The van der Waals surface area contributed by atoms with E-state index in [1.807, 2.05) is 72.8 Å². The van der Waals surface area contributed by atoms with E-state index in [0.717, 1.165) is 32.1 Å². The molecule has 1 aliphatic rings. The molecule has 0 spiro atoms. The second-order valence-corrected chi connectivity index (χ2v) is 12.9. The Bertz CT molecular complexity index is 1760. The van der Waals surface area contributed by atoms with Crippen LogP contribution < -0.4 is 10.9 Å². The number of thioether (sulfide) groups is 1. The zero-order chi connectivity index (χ0) is 28.0. The average molecular weight is 574 g/mol. The highest BCUT2D eigenvalue weighted by molar-refractivity contribution is 8.00. The summed E-state index contributed by atoms with van der Waals surface area (Å²) in [6.45, 7) is 9.10. The summed E-state index contributed by atoms with van der Waals surface area (Å²) in [5.41, 5.74) is 3.82. The molecule has 1 aliphatic heterocycles. The number of hydrogen-bond donors (Lipinski definition) is 1. The SMILES string of the molecule is Cc1ccc(-n2c(=O)c3c4c(sc3n3c(S[C@H](C)C(=O)NCc5ccccc5)nnc23)CO[C@@H](C(C)C)C4)cc1. The molecule has 1 N–H and O–H groups in total. The lowest BCUT2D eigenvalue weighted by Crippen LogP contribution is -2.30. The predicted octanol–water partition coefficient (Wildman–Crippen LogP) is 5.30. The van der Waals surface area contributed by atoms with Crippen molar-refractivity contribution in [2.24, 2.45) is 5.92 Å². The highest BCUT2D eigenvalue weighted by Gasteiger charge is 2.30. The minimum atomic E-state index is -0.422. The number of ether oxygens (including phenoxy) is 1. The van der Waals surface area contributed by atoms with Gasteiger partial charge in [0.05, 0.1) is 29.0 Å². The van der Waals surface area contributed by atoms with Gasteiger partial charge in [0.15, 0.2) is 5.16 Å². The van der Waals surface area contributed by atoms with E-state index in [1.165, 1.54) is 11.8 Å². The van der Waals surface area contributed by atoms with Gasteiger partial charge < -0.3 is 10.1 Å². The van der Waals surface area contributed by atoms with Crippen LogP contribution in [0.15, 0.2) is 64.5 Å². The minimum Gasteiger partial charge on any atom is -0.372 e. The fraction of sp³-hybridized carbons (Fsp3) is 0.333. The molecule has 206 valence electrons. The van der Waals surface area contributed by atoms with Crippen molar-refractivity contribution < 1.29 is 9.53 Å². The van der Waals surface area contributed by atoms with Crippen molar-refractivity contribution >= 4 is 45.0 Å². The standard InChI is InChI=1S/C30H31N5O3S2/c1-17(2)23-14-22-24(16-38-23)40-28-25(22)27(37)34(21-12-10-18(3)11-13-21)29-32-33-30(35(28)29)39-19(4)26(36)31-15-20-8-6-5-7-9-20/h5-13,17,19,23H,14-16H2,1-4H3,(H,31,36)/t19-,23-/m1/s1. The van der Waals surface area contributed by atoms with E-state index < -0.39 is 5.25 Å². The number of aryl methyl sites for hydroxylation is 1. The van der Waals surface area contributed by atoms with E-state index in [0.29, 0.717) is 41.8 Å². The Balaban J connectivity index is 1.45. The van der Waals surface area contributed by atoms with Gasteiger partial charge in [-0.3, -0.25) is 9.59 Å². The van der Waals surface area contributed by atoms with E-state index >= 15 is 0 Å². The maximum atomic E-state index is 14.2. The summed E-state index contributed by atoms with van der Waals surface area (Å²) in [4.78, 5) is 29.0. The van der Waals surface area contributed by atoms with E-state index in [4.69, 9.17) is 4.74 Å². The zero-order valence-electron chi connectivity index (χ0n) is 22.9. The first kappa shape index (κ1) is 26.7. The molecule has 3 aromatic heterocycles. The van der Waals surface area contributed by atoms with E-state index in [9.17, 15) is 9.59 Å². The van der Waals surface area contributed by atoms with Gasteiger partial charge in [0.1, 0.15) is 4.83 Å². The Kier molecular flexibility index (Phi) is 7.24. The Labute approximate surface area is 240 Å². The molecule has 6 rings (SSSR count). The number of aromatic nitrogens is 4. The van der Waals surface area contributed by atoms with Gasteiger partial charge in [-0.2, -0.15) is 0 Å². The summed E-state index contributed by atoms with van der Waals surface area (Å²) in [7, 11) is 0. The van der Waals surface area contributed by atoms with Crippen LogP contribution in [-0.2, 0) is 29.1 Å². The molecular weight excluding hydrogens is 542 g/mol. The van der Waals surface area contributed by atoms with Crippen LogP contribution in [0.5, 0.6) is 0 Å². The molecular formula is C30H31N5O3S2. The quantitative estimate of drug-likeness (QED) is 0.266. The Morgan fingerprint density at radius 2 is 1.88 bits per heavy atom. The van der Waals surface area contributed by atoms with Crippen LogP contribution in [0.2, 0.25) is 0 Å². The summed E-state index contributed by atoms with van der Waals surface area (Å²) in [5.74, 6) is 0.676. The van der Waals surface area contributed by atoms with Crippen LogP contribution in [0.4, 0.5) is 0 Å². The molecule has 5 aromatic rings. The third-order valence-electron chi connectivity index (χ3n) is 7.34. The van der Waals surface area contributed by atoms with Crippen molar-refractivity contribution in [2.75, 3.05) is 0 Å². The summed E-state index contributed by atoms with van der Waals surface area (Å²) in [5, 5.41) is 12.8. The molecule has 10 heteroatoms. The molecule has 0 radical (unpaired) electrons. The normalized spacial score (nSPS) is 16.0.